The van der Waals surface area contributed by atoms with E-state index in [9.17, 15) is 4.79 Å². The van der Waals surface area contributed by atoms with Crippen LogP contribution in [0, 0.1) is 0 Å². The van der Waals surface area contributed by atoms with Gasteiger partial charge in [-0.15, -0.1) is 0 Å². The van der Waals surface area contributed by atoms with E-state index in [-0.39, 0.29) is 11.9 Å². The first-order valence-corrected chi connectivity index (χ1v) is 12.8. The minimum atomic E-state index is -0.117. The van der Waals surface area contributed by atoms with Gasteiger partial charge in [0.15, 0.2) is 5.65 Å². The summed E-state index contributed by atoms with van der Waals surface area (Å²) < 4.78 is 1.68. The van der Waals surface area contributed by atoms with E-state index >= 15 is 0 Å². The Labute approximate surface area is 216 Å². The van der Waals surface area contributed by atoms with E-state index in [4.69, 9.17) is 10.1 Å². The molecule has 0 unspecified atom stereocenters. The Hall–Kier alpha value is -4.29. The smallest absolute Gasteiger partial charge is 0.270 e. The predicted molar refractivity (Wildman–Crippen MR) is 146 cm³/mol. The lowest BCUT2D eigenvalue weighted by atomic mass is 10.0. The van der Waals surface area contributed by atoms with E-state index in [1.54, 1.807) is 4.52 Å². The molecular weight excluding hydrogens is 458 g/mol. The van der Waals surface area contributed by atoms with Crippen LogP contribution < -0.4 is 5.32 Å². The van der Waals surface area contributed by atoms with Crippen LogP contribution in [0.3, 0.4) is 0 Å². The lowest BCUT2D eigenvalue weighted by Crippen LogP contribution is -2.44. The molecule has 6 heteroatoms. The second kappa shape index (κ2) is 10.4. The molecule has 3 aromatic carbocycles. The Morgan fingerprint density at radius 1 is 0.784 bits per heavy atom. The van der Waals surface area contributed by atoms with Crippen molar-refractivity contribution in [3.8, 4) is 22.5 Å². The molecular formula is C31H29N5O. The number of aromatic nitrogens is 3. The van der Waals surface area contributed by atoms with E-state index in [1.165, 1.54) is 5.56 Å². The molecule has 0 spiro atoms. The minimum Gasteiger partial charge on any atom is -0.348 e. The van der Waals surface area contributed by atoms with Gasteiger partial charge in [-0.1, -0.05) is 91.0 Å². The fourth-order valence-electron chi connectivity index (χ4n) is 4.98. The van der Waals surface area contributed by atoms with Crippen molar-refractivity contribution in [1.82, 2.24) is 24.8 Å². The summed E-state index contributed by atoms with van der Waals surface area (Å²) in [5, 5.41) is 8.06. The van der Waals surface area contributed by atoms with Crippen molar-refractivity contribution in [2.24, 2.45) is 0 Å². The number of hydrogen-bond acceptors (Lipinski definition) is 4. The molecule has 184 valence electrons. The SMILES string of the molecule is O=C(NC1CCN(Cc2ccccc2)CC1)c1cc(-c2ccccc2)nc2cc(-c3ccccc3)nn12. The van der Waals surface area contributed by atoms with Gasteiger partial charge in [0.2, 0.25) is 0 Å². The van der Waals surface area contributed by atoms with Crippen LogP contribution in [0.4, 0.5) is 0 Å². The molecule has 5 aromatic rings. The molecule has 1 N–H and O–H groups in total. The summed E-state index contributed by atoms with van der Waals surface area (Å²) in [4.78, 5) is 20.9. The van der Waals surface area contributed by atoms with E-state index in [2.05, 4.69) is 34.5 Å². The molecule has 1 saturated heterocycles. The quantitative estimate of drug-likeness (QED) is 0.346. The van der Waals surface area contributed by atoms with Crippen molar-refractivity contribution < 1.29 is 4.79 Å². The number of carbonyl (C=O) groups excluding carboxylic acids is 1. The molecule has 2 aromatic heterocycles. The van der Waals surface area contributed by atoms with E-state index in [0.717, 1.165) is 55.0 Å². The Bertz CT molecular complexity index is 1490. The number of likely N-dealkylation sites (tertiary alicyclic amines) is 1. The molecule has 0 saturated carbocycles. The molecule has 6 rings (SSSR count). The number of fused-ring (bicyclic) bond motifs is 1. The number of nitrogens with zero attached hydrogens (tertiary/aromatic N) is 4. The molecule has 1 aliphatic heterocycles. The summed E-state index contributed by atoms with van der Waals surface area (Å²) in [6.07, 6.45) is 1.85. The van der Waals surface area contributed by atoms with Crippen LogP contribution in [-0.2, 0) is 6.54 Å². The maximum absolute atomic E-state index is 13.6. The molecule has 0 radical (unpaired) electrons. The topological polar surface area (TPSA) is 62.5 Å². The molecule has 37 heavy (non-hydrogen) atoms. The van der Waals surface area contributed by atoms with Gasteiger partial charge in [-0.05, 0) is 24.5 Å². The fraction of sp³-hybridized carbons (Fsp3) is 0.194. The summed E-state index contributed by atoms with van der Waals surface area (Å²) in [5.74, 6) is -0.117. The lowest BCUT2D eigenvalue weighted by Gasteiger charge is -2.32. The van der Waals surface area contributed by atoms with Gasteiger partial charge in [-0.25, -0.2) is 9.50 Å². The number of nitrogens with one attached hydrogen (secondary N) is 1. The third-order valence-corrected chi connectivity index (χ3v) is 6.97. The average molecular weight is 488 g/mol. The summed E-state index contributed by atoms with van der Waals surface area (Å²) >= 11 is 0. The van der Waals surface area contributed by atoms with Gasteiger partial charge >= 0.3 is 0 Å². The Balaban J connectivity index is 1.25. The molecule has 0 bridgehead atoms. The molecule has 0 atom stereocenters. The van der Waals surface area contributed by atoms with Gasteiger partial charge in [0.25, 0.3) is 5.91 Å². The van der Waals surface area contributed by atoms with Gasteiger partial charge in [0, 0.05) is 42.9 Å². The van der Waals surface area contributed by atoms with E-state index < -0.39 is 0 Å². The van der Waals surface area contributed by atoms with Gasteiger partial charge in [-0.2, -0.15) is 5.10 Å². The summed E-state index contributed by atoms with van der Waals surface area (Å²) in [7, 11) is 0. The zero-order valence-corrected chi connectivity index (χ0v) is 20.6. The average Bonchev–Trinajstić information content (AvgIpc) is 3.39. The zero-order chi connectivity index (χ0) is 25.0. The van der Waals surface area contributed by atoms with E-state index in [1.807, 2.05) is 78.9 Å². The first-order chi connectivity index (χ1) is 18.2. The standard InChI is InChI=1S/C31H29N5O/c37-31(32-26-16-18-35(19-17-26)22-23-10-4-1-5-11-23)29-20-27(24-12-6-2-7-13-24)33-30-21-28(34-36(29)30)25-14-8-3-9-15-25/h1-15,20-21,26H,16-19,22H2,(H,32,37). The van der Waals surface area contributed by atoms with Crippen molar-refractivity contribution >= 4 is 11.6 Å². The number of piperidine rings is 1. The highest BCUT2D eigenvalue weighted by Gasteiger charge is 2.23. The Morgan fingerprint density at radius 2 is 1.38 bits per heavy atom. The number of benzene rings is 3. The van der Waals surface area contributed by atoms with Gasteiger partial charge in [-0.3, -0.25) is 9.69 Å². The van der Waals surface area contributed by atoms with Crippen molar-refractivity contribution in [2.45, 2.75) is 25.4 Å². The molecule has 0 aliphatic carbocycles. The van der Waals surface area contributed by atoms with Crippen LogP contribution in [0.1, 0.15) is 28.9 Å². The Morgan fingerprint density at radius 3 is 2.03 bits per heavy atom. The van der Waals surface area contributed by atoms with E-state index in [0.29, 0.717) is 11.3 Å². The number of hydrogen-bond donors (Lipinski definition) is 1. The van der Waals surface area contributed by atoms with Gasteiger partial charge in [0.1, 0.15) is 5.69 Å². The van der Waals surface area contributed by atoms with Crippen LogP contribution in [0.2, 0.25) is 0 Å². The monoisotopic (exact) mass is 487 g/mol. The van der Waals surface area contributed by atoms with Crippen molar-refractivity contribution in [1.29, 1.82) is 0 Å². The molecule has 3 heterocycles. The molecule has 6 nitrogen and oxygen atoms in total. The number of rotatable bonds is 6. The fourth-order valence-corrected chi connectivity index (χ4v) is 4.98. The largest absolute Gasteiger partial charge is 0.348 e. The van der Waals surface area contributed by atoms with Crippen LogP contribution in [0.15, 0.2) is 103 Å². The second-order valence-corrected chi connectivity index (χ2v) is 9.57. The number of amides is 1. The summed E-state index contributed by atoms with van der Waals surface area (Å²) in [6, 6.07) is 34.4. The first kappa shape index (κ1) is 23.1. The van der Waals surface area contributed by atoms with Gasteiger partial charge < -0.3 is 5.32 Å². The lowest BCUT2D eigenvalue weighted by molar-refractivity contribution is 0.0901. The normalized spacial score (nSPS) is 14.6. The van der Waals surface area contributed by atoms with Crippen molar-refractivity contribution in [2.75, 3.05) is 13.1 Å². The minimum absolute atomic E-state index is 0.117. The first-order valence-electron chi connectivity index (χ1n) is 12.8. The highest BCUT2D eigenvalue weighted by atomic mass is 16.2. The molecule has 1 amide bonds. The second-order valence-electron chi connectivity index (χ2n) is 9.57. The van der Waals surface area contributed by atoms with Crippen LogP contribution >= 0.6 is 0 Å². The Kier molecular flexibility index (Phi) is 6.48. The van der Waals surface area contributed by atoms with Gasteiger partial charge in [0.05, 0.1) is 11.4 Å². The van der Waals surface area contributed by atoms with Crippen molar-refractivity contribution in [3.05, 3.63) is 114 Å². The third kappa shape index (κ3) is 5.15. The zero-order valence-electron chi connectivity index (χ0n) is 20.6. The highest BCUT2D eigenvalue weighted by molar-refractivity contribution is 5.94. The third-order valence-electron chi connectivity index (χ3n) is 6.97. The number of carbonyl (C=O) groups is 1. The van der Waals surface area contributed by atoms with Crippen molar-refractivity contribution in [3.63, 3.8) is 0 Å². The summed E-state index contributed by atoms with van der Waals surface area (Å²) in [5.41, 5.74) is 5.99. The summed E-state index contributed by atoms with van der Waals surface area (Å²) in [6.45, 7) is 2.87. The van der Waals surface area contributed by atoms with Crippen LogP contribution in [-0.4, -0.2) is 44.5 Å². The molecule has 1 fully saturated rings. The van der Waals surface area contributed by atoms with Crippen LogP contribution in [0.25, 0.3) is 28.2 Å². The predicted octanol–water partition coefficient (Wildman–Crippen LogP) is 5.46. The maximum Gasteiger partial charge on any atom is 0.270 e. The van der Waals surface area contributed by atoms with Crippen LogP contribution in [0.5, 0.6) is 0 Å². The highest BCUT2D eigenvalue weighted by Crippen LogP contribution is 2.24. The molecule has 1 aliphatic rings. The maximum atomic E-state index is 13.6.